The fourth-order valence-corrected chi connectivity index (χ4v) is 4.64. The third-order valence-electron chi connectivity index (χ3n) is 6.69. The molecule has 192 valence electrons. The van der Waals surface area contributed by atoms with E-state index in [1.807, 2.05) is 0 Å². The van der Waals surface area contributed by atoms with Gasteiger partial charge in [0.15, 0.2) is 34.8 Å². The van der Waals surface area contributed by atoms with Crippen molar-refractivity contribution in [1.29, 1.82) is 0 Å². The minimum absolute atomic E-state index is 0.0831. The Balaban J connectivity index is 1.44. The first-order valence-corrected chi connectivity index (χ1v) is 11.9. The number of aryl methyl sites for hydroxylation is 1. The Kier molecular flexibility index (Phi) is 7.93. The second-order valence-electron chi connectivity index (χ2n) is 8.96. The number of ether oxygens (including phenoxy) is 2. The molecule has 0 bridgehead atoms. The highest BCUT2D eigenvalue weighted by molar-refractivity contribution is 5.66. The smallest absolute Gasteiger partial charge is 0.201 e. The summed E-state index contributed by atoms with van der Waals surface area (Å²) in [7, 11) is 0. The van der Waals surface area contributed by atoms with Crippen LogP contribution in [0.1, 0.15) is 55.2 Å². The average molecular weight is 509 g/mol. The minimum atomic E-state index is -1.31. The van der Waals surface area contributed by atoms with Crippen LogP contribution in [-0.2, 0) is 11.3 Å². The van der Waals surface area contributed by atoms with Gasteiger partial charge in [-0.1, -0.05) is 24.3 Å². The summed E-state index contributed by atoms with van der Waals surface area (Å²) in [6, 6.07) is 7.97. The highest BCUT2D eigenvalue weighted by atomic mass is 19.2. The Bertz CT molecular complexity index is 1250. The maximum Gasteiger partial charge on any atom is 0.201 e. The van der Waals surface area contributed by atoms with Gasteiger partial charge in [-0.15, -0.1) is 0 Å². The predicted octanol–water partition coefficient (Wildman–Crippen LogP) is 8.14. The van der Waals surface area contributed by atoms with Gasteiger partial charge >= 0.3 is 0 Å². The summed E-state index contributed by atoms with van der Waals surface area (Å²) in [5, 5.41) is 0. The van der Waals surface area contributed by atoms with Gasteiger partial charge in [-0.05, 0) is 68.7 Å². The Hall–Kier alpha value is -3.00. The van der Waals surface area contributed by atoms with Crippen molar-refractivity contribution < 1.29 is 35.8 Å². The zero-order chi connectivity index (χ0) is 26.0. The van der Waals surface area contributed by atoms with Crippen LogP contribution in [0.15, 0.2) is 36.4 Å². The van der Waals surface area contributed by atoms with E-state index < -0.39 is 40.5 Å². The van der Waals surface area contributed by atoms with Crippen molar-refractivity contribution in [3.8, 4) is 16.9 Å². The Morgan fingerprint density at radius 3 is 2.00 bits per heavy atom. The molecule has 3 aromatic rings. The summed E-state index contributed by atoms with van der Waals surface area (Å²) in [6.45, 7) is 3.14. The molecule has 0 aromatic heterocycles. The van der Waals surface area contributed by atoms with Crippen LogP contribution in [0.2, 0.25) is 0 Å². The van der Waals surface area contributed by atoms with Crippen LogP contribution in [0.25, 0.3) is 11.1 Å². The molecule has 36 heavy (non-hydrogen) atoms. The maximum absolute atomic E-state index is 15.0. The molecule has 2 nitrogen and oxygen atoms in total. The molecule has 4 rings (SSSR count). The molecule has 0 amide bonds. The topological polar surface area (TPSA) is 18.5 Å². The van der Waals surface area contributed by atoms with E-state index in [0.717, 1.165) is 6.07 Å². The summed E-state index contributed by atoms with van der Waals surface area (Å²) < 4.78 is 97.3. The number of hydrogen-bond acceptors (Lipinski definition) is 2. The quantitative estimate of drug-likeness (QED) is 0.300. The highest BCUT2D eigenvalue weighted by Crippen LogP contribution is 2.39. The molecule has 0 N–H and O–H groups in total. The number of hydrogen-bond donors (Lipinski definition) is 0. The van der Waals surface area contributed by atoms with Crippen molar-refractivity contribution in [3.63, 3.8) is 0 Å². The van der Waals surface area contributed by atoms with Gasteiger partial charge in [0.2, 0.25) is 5.82 Å². The zero-order valence-electron chi connectivity index (χ0n) is 19.9. The van der Waals surface area contributed by atoms with Gasteiger partial charge in [0.05, 0.1) is 19.3 Å². The SMILES string of the molecule is CCOc1ccc(-c2ccc(C3CCC(OCc4ccc(C)c(F)c4F)CC3)c(F)c2F)c(F)c1F. The Morgan fingerprint density at radius 2 is 1.33 bits per heavy atom. The molecule has 0 saturated heterocycles. The molecule has 1 fully saturated rings. The van der Waals surface area contributed by atoms with Crippen LogP contribution >= 0.6 is 0 Å². The lowest BCUT2D eigenvalue weighted by Crippen LogP contribution is -2.21. The largest absolute Gasteiger partial charge is 0.491 e. The van der Waals surface area contributed by atoms with Crippen molar-refractivity contribution in [2.75, 3.05) is 6.61 Å². The second-order valence-corrected chi connectivity index (χ2v) is 8.96. The van der Waals surface area contributed by atoms with Gasteiger partial charge in [0, 0.05) is 16.7 Å². The van der Waals surface area contributed by atoms with Gasteiger partial charge in [0.1, 0.15) is 0 Å². The predicted molar refractivity (Wildman–Crippen MR) is 124 cm³/mol. The third-order valence-corrected chi connectivity index (χ3v) is 6.69. The summed E-state index contributed by atoms with van der Waals surface area (Å²) in [5.41, 5.74) is -0.265. The van der Waals surface area contributed by atoms with Crippen LogP contribution in [0.5, 0.6) is 5.75 Å². The van der Waals surface area contributed by atoms with E-state index in [4.69, 9.17) is 9.47 Å². The number of rotatable bonds is 7. The standard InChI is InChI=1S/C28H26F6O2/c1-3-35-22-13-12-21(27(33)28(22)34)20-11-10-19(25(31)26(20)32)16-6-8-18(9-7-16)36-14-17-5-4-15(2)23(29)24(17)30/h4-5,10-13,16,18H,3,6-9,14H2,1-2H3. The van der Waals surface area contributed by atoms with Gasteiger partial charge in [0.25, 0.3) is 0 Å². The Labute approximate surface area is 205 Å². The van der Waals surface area contributed by atoms with E-state index in [9.17, 15) is 22.0 Å². The summed E-state index contributed by atoms with van der Waals surface area (Å²) in [6.07, 6.45) is 1.83. The molecule has 1 aliphatic rings. The summed E-state index contributed by atoms with van der Waals surface area (Å²) in [4.78, 5) is 0. The van der Waals surface area contributed by atoms with E-state index >= 15 is 4.39 Å². The van der Waals surface area contributed by atoms with Gasteiger partial charge in [-0.3, -0.25) is 0 Å². The lowest BCUT2D eigenvalue weighted by atomic mass is 9.82. The van der Waals surface area contributed by atoms with Crippen molar-refractivity contribution in [1.82, 2.24) is 0 Å². The van der Waals surface area contributed by atoms with Gasteiger partial charge in [-0.2, -0.15) is 4.39 Å². The molecular weight excluding hydrogens is 482 g/mol. The van der Waals surface area contributed by atoms with Crippen molar-refractivity contribution in [2.24, 2.45) is 0 Å². The lowest BCUT2D eigenvalue weighted by Gasteiger charge is -2.29. The van der Waals surface area contributed by atoms with E-state index in [-0.39, 0.29) is 53.2 Å². The molecule has 1 aliphatic carbocycles. The van der Waals surface area contributed by atoms with Crippen molar-refractivity contribution in [3.05, 3.63) is 88.0 Å². The van der Waals surface area contributed by atoms with Gasteiger partial charge < -0.3 is 9.47 Å². The molecule has 0 unspecified atom stereocenters. The van der Waals surface area contributed by atoms with E-state index in [1.165, 1.54) is 37.3 Å². The molecule has 8 heteroatoms. The van der Waals surface area contributed by atoms with E-state index in [1.54, 1.807) is 6.92 Å². The summed E-state index contributed by atoms with van der Waals surface area (Å²) in [5.74, 6) is -7.32. The van der Waals surface area contributed by atoms with E-state index in [2.05, 4.69) is 0 Å². The van der Waals surface area contributed by atoms with Crippen LogP contribution in [0.4, 0.5) is 26.3 Å². The summed E-state index contributed by atoms with van der Waals surface area (Å²) >= 11 is 0. The molecule has 0 radical (unpaired) electrons. The zero-order valence-corrected chi connectivity index (χ0v) is 19.9. The highest BCUT2D eigenvalue weighted by Gasteiger charge is 2.28. The number of benzene rings is 3. The lowest BCUT2D eigenvalue weighted by molar-refractivity contribution is 0.0116. The monoisotopic (exact) mass is 508 g/mol. The average Bonchev–Trinajstić information content (AvgIpc) is 2.88. The van der Waals surface area contributed by atoms with E-state index in [0.29, 0.717) is 25.7 Å². The van der Waals surface area contributed by atoms with Crippen LogP contribution < -0.4 is 4.74 Å². The molecule has 1 saturated carbocycles. The van der Waals surface area contributed by atoms with Crippen LogP contribution in [0.3, 0.4) is 0 Å². The first-order chi connectivity index (χ1) is 17.2. The molecule has 0 heterocycles. The van der Waals surface area contributed by atoms with Crippen LogP contribution in [0, 0.1) is 41.8 Å². The maximum atomic E-state index is 15.0. The molecule has 3 aromatic carbocycles. The molecule has 0 atom stereocenters. The van der Waals surface area contributed by atoms with Crippen LogP contribution in [-0.4, -0.2) is 12.7 Å². The third kappa shape index (κ3) is 5.09. The van der Waals surface area contributed by atoms with Crippen molar-refractivity contribution >= 4 is 0 Å². The molecule has 0 spiro atoms. The minimum Gasteiger partial charge on any atom is -0.491 e. The van der Waals surface area contributed by atoms with Crippen molar-refractivity contribution in [2.45, 2.75) is 58.2 Å². The molecular formula is C28H26F6O2. The normalized spacial score (nSPS) is 17.9. The fraction of sp³-hybridized carbons (Fsp3) is 0.357. The first kappa shape index (κ1) is 26.1. The van der Waals surface area contributed by atoms with Gasteiger partial charge in [-0.25, -0.2) is 22.0 Å². The fourth-order valence-electron chi connectivity index (χ4n) is 4.64. The Morgan fingerprint density at radius 1 is 0.694 bits per heavy atom. The number of halogens is 6. The first-order valence-electron chi connectivity index (χ1n) is 11.9. The second kappa shape index (κ2) is 10.9. The molecule has 0 aliphatic heterocycles.